The van der Waals surface area contributed by atoms with Gasteiger partial charge in [0.05, 0.1) is 12.1 Å². The zero-order valence-corrected chi connectivity index (χ0v) is 12.7. The molecule has 2 amide bonds. The fourth-order valence-electron chi connectivity index (χ4n) is 1.74. The zero-order valence-electron chi connectivity index (χ0n) is 12.7. The van der Waals surface area contributed by atoms with Crippen molar-refractivity contribution in [1.29, 1.82) is 0 Å². The number of amides is 2. The van der Waals surface area contributed by atoms with E-state index in [9.17, 15) is 14.4 Å². The highest BCUT2D eigenvalue weighted by atomic mass is 16.5. The molecule has 0 saturated heterocycles. The summed E-state index contributed by atoms with van der Waals surface area (Å²) in [6.07, 6.45) is 0. The fraction of sp³-hybridized carbons (Fsp3) is 0.400. The number of rotatable bonds is 5. The minimum atomic E-state index is -0.547. The van der Waals surface area contributed by atoms with E-state index in [1.54, 1.807) is 6.07 Å². The Hall–Kier alpha value is -2.37. The molecule has 1 N–H and O–H groups in total. The molecule has 1 rings (SSSR count). The lowest BCUT2D eigenvalue weighted by Gasteiger charge is -2.16. The average Bonchev–Trinajstić information content (AvgIpc) is 2.43. The number of nitrogens with zero attached hydrogens (tertiary/aromatic N) is 1. The molecule has 21 heavy (non-hydrogen) atoms. The summed E-state index contributed by atoms with van der Waals surface area (Å²) in [5.74, 6) is -1.27. The number of benzene rings is 1. The first-order valence-electron chi connectivity index (χ1n) is 6.54. The van der Waals surface area contributed by atoms with E-state index in [4.69, 9.17) is 4.74 Å². The number of esters is 1. The predicted molar refractivity (Wildman–Crippen MR) is 77.9 cm³/mol. The average molecular weight is 292 g/mol. The van der Waals surface area contributed by atoms with Crippen LogP contribution in [0.1, 0.15) is 21.5 Å². The van der Waals surface area contributed by atoms with Crippen molar-refractivity contribution < 1.29 is 19.1 Å². The molecule has 0 saturated carbocycles. The quantitative estimate of drug-likeness (QED) is 0.809. The lowest BCUT2D eigenvalue weighted by Crippen LogP contribution is -2.39. The summed E-state index contributed by atoms with van der Waals surface area (Å²) in [5.41, 5.74) is 2.28. The lowest BCUT2D eigenvalue weighted by molar-refractivity contribution is -0.137. The van der Waals surface area contributed by atoms with E-state index in [0.29, 0.717) is 5.56 Å². The number of nitrogens with one attached hydrogen (secondary N) is 1. The van der Waals surface area contributed by atoms with Crippen molar-refractivity contribution in [2.45, 2.75) is 13.8 Å². The van der Waals surface area contributed by atoms with Crippen molar-refractivity contribution in [3.63, 3.8) is 0 Å². The van der Waals surface area contributed by atoms with Gasteiger partial charge in [0, 0.05) is 14.1 Å². The maximum atomic E-state index is 11.9. The highest BCUT2D eigenvalue weighted by molar-refractivity contribution is 5.93. The van der Waals surface area contributed by atoms with Crippen LogP contribution < -0.4 is 5.32 Å². The van der Waals surface area contributed by atoms with Gasteiger partial charge in [-0.3, -0.25) is 9.59 Å². The summed E-state index contributed by atoms with van der Waals surface area (Å²) in [6.45, 7) is 3.28. The Morgan fingerprint density at radius 1 is 1.24 bits per heavy atom. The normalized spacial score (nSPS) is 9.90. The van der Waals surface area contributed by atoms with E-state index in [2.05, 4.69) is 5.32 Å². The molecule has 6 nitrogen and oxygen atoms in total. The van der Waals surface area contributed by atoms with Gasteiger partial charge in [-0.2, -0.15) is 0 Å². The van der Waals surface area contributed by atoms with Gasteiger partial charge in [0.2, 0.25) is 5.91 Å². The third kappa shape index (κ3) is 4.91. The monoisotopic (exact) mass is 292 g/mol. The predicted octanol–water partition coefficient (Wildman–Crippen LogP) is 0.665. The molecule has 0 fully saturated rings. The number of ether oxygens (including phenoxy) is 1. The minimum Gasteiger partial charge on any atom is -0.452 e. The second kappa shape index (κ2) is 7.42. The van der Waals surface area contributed by atoms with Crippen LogP contribution in [-0.2, 0) is 14.3 Å². The van der Waals surface area contributed by atoms with E-state index >= 15 is 0 Å². The first kappa shape index (κ1) is 16.7. The second-order valence-electron chi connectivity index (χ2n) is 4.82. The Labute approximate surface area is 124 Å². The molecule has 1 aromatic rings. The summed E-state index contributed by atoms with van der Waals surface area (Å²) >= 11 is 0. The summed E-state index contributed by atoms with van der Waals surface area (Å²) in [6, 6.07) is 5.35. The number of likely N-dealkylation sites (N-methyl/N-ethyl adjacent to an activating group) is 2. The Bertz CT molecular complexity index is 555. The molecule has 0 unspecified atom stereocenters. The van der Waals surface area contributed by atoms with Crippen LogP contribution in [0.25, 0.3) is 0 Å². The number of hydrogen-bond donors (Lipinski definition) is 1. The Morgan fingerprint density at radius 3 is 2.48 bits per heavy atom. The zero-order chi connectivity index (χ0) is 16.0. The van der Waals surface area contributed by atoms with Crippen molar-refractivity contribution >= 4 is 17.8 Å². The Kier molecular flexibility index (Phi) is 5.90. The molecule has 0 aliphatic heterocycles. The van der Waals surface area contributed by atoms with Crippen molar-refractivity contribution in [3.8, 4) is 0 Å². The van der Waals surface area contributed by atoms with Gasteiger partial charge < -0.3 is 15.0 Å². The van der Waals surface area contributed by atoms with Gasteiger partial charge in [-0.25, -0.2) is 4.79 Å². The lowest BCUT2D eigenvalue weighted by atomic mass is 10.1. The van der Waals surface area contributed by atoms with E-state index in [1.165, 1.54) is 19.0 Å². The number of carbonyl (C=O) groups is 3. The SMILES string of the molecule is CNC(=O)CN(C)C(=O)COC(=O)c1ccc(C)cc1C. The van der Waals surface area contributed by atoms with Gasteiger partial charge >= 0.3 is 5.97 Å². The maximum absolute atomic E-state index is 11.9. The molecule has 0 atom stereocenters. The van der Waals surface area contributed by atoms with Gasteiger partial charge in [0.1, 0.15) is 0 Å². The summed E-state index contributed by atoms with van der Waals surface area (Å²) in [7, 11) is 2.96. The van der Waals surface area contributed by atoms with Crippen LogP contribution in [0.15, 0.2) is 18.2 Å². The first-order valence-corrected chi connectivity index (χ1v) is 6.54. The highest BCUT2D eigenvalue weighted by Gasteiger charge is 2.16. The molecular weight excluding hydrogens is 272 g/mol. The van der Waals surface area contributed by atoms with Crippen LogP contribution in [0.4, 0.5) is 0 Å². The van der Waals surface area contributed by atoms with E-state index in [0.717, 1.165) is 11.1 Å². The van der Waals surface area contributed by atoms with Gasteiger partial charge in [0.25, 0.3) is 5.91 Å². The number of hydrogen-bond acceptors (Lipinski definition) is 4. The molecule has 0 radical (unpaired) electrons. The number of carbonyl (C=O) groups excluding carboxylic acids is 3. The van der Waals surface area contributed by atoms with E-state index in [1.807, 2.05) is 26.0 Å². The van der Waals surface area contributed by atoms with Crippen molar-refractivity contribution in [2.24, 2.45) is 0 Å². The van der Waals surface area contributed by atoms with Gasteiger partial charge in [-0.05, 0) is 25.5 Å². The van der Waals surface area contributed by atoms with Crippen molar-refractivity contribution in [3.05, 3.63) is 34.9 Å². The van der Waals surface area contributed by atoms with E-state index in [-0.39, 0.29) is 19.1 Å². The molecule has 0 aromatic heterocycles. The molecule has 0 heterocycles. The van der Waals surface area contributed by atoms with Crippen LogP contribution in [0.3, 0.4) is 0 Å². The fourth-order valence-corrected chi connectivity index (χ4v) is 1.74. The molecule has 0 aliphatic carbocycles. The Balaban J connectivity index is 2.56. The minimum absolute atomic E-state index is 0.0730. The Morgan fingerprint density at radius 2 is 1.90 bits per heavy atom. The largest absolute Gasteiger partial charge is 0.452 e. The van der Waals surface area contributed by atoms with Crippen LogP contribution in [0.2, 0.25) is 0 Å². The van der Waals surface area contributed by atoms with Crippen LogP contribution in [0.5, 0.6) is 0 Å². The molecule has 0 aliphatic rings. The smallest absolute Gasteiger partial charge is 0.338 e. The van der Waals surface area contributed by atoms with Gasteiger partial charge in [0.15, 0.2) is 6.61 Å². The van der Waals surface area contributed by atoms with Crippen molar-refractivity contribution in [1.82, 2.24) is 10.2 Å². The van der Waals surface area contributed by atoms with E-state index < -0.39 is 11.9 Å². The standard InChI is InChI=1S/C15H20N2O4/c1-10-5-6-12(11(2)7-10)15(20)21-9-14(19)17(4)8-13(18)16-3/h5-7H,8-9H2,1-4H3,(H,16,18). The topological polar surface area (TPSA) is 75.7 Å². The molecule has 0 bridgehead atoms. The maximum Gasteiger partial charge on any atom is 0.338 e. The van der Waals surface area contributed by atoms with Crippen molar-refractivity contribution in [2.75, 3.05) is 27.2 Å². The third-order valence-corrected chi connectivity index (χ3v) is 3.01. The molecule has 6 heteroatoms. The highest BCUT2D eigenvalue weighted by Crippen LogP contribution is 2.11. The first-order chi connectivity index (χ1) is 9.85. The summed E-state index contributed by atoms with van der Waals surface area (Å²) in [4.78, 5) is 36.0. The van der Waals surface area contributed by atoms with Crippen LogP contribution >= 0.6 is 0 Å². The van der Waals surface area contributed by atoms with Crippen LogP contribution in [-0.4, -0.2) is 49.9 Å². The molecule has 114 valence electrons. The summed E-state index contributed by atoms with van der Waals surface area (Å²) in [5, 5.41) is 2.41. The summed E-state index contributed by atoms with van der Waals surface area (Å²) < 4.78 is 4.99. The molecule has 1 aromatic carbocycles. The van der Waals surface area contributed by atoms with Gasteiger partial charge in [-0.1, -0.05) is 17.7 Å². The number of aryl methyl sites for hydroxylation is 2. The second-order valence-corrected chi connectivity index (χ2v) is 4.82. The van der Waals surface area contributed by atoms with Gasteiger partial charge in [-0.15, -0.1) is 0 Å². The third-order valence-electron chi connectivity index (χ3n) is 3.01. The molecule has 0 spiro atoms. The molecular formula is C15H20N2O4. The van der Waals surface area contributed by atoms with Crippen LogP contribution in [0, 0.1) is 13.8 Å².